The average molecular weight is 469 g/mol. The van der Waals surface area contributed by atoms with E-state index in [2.05, 4.69) is 0 Å². The minimum absolute atomic E-state index is 0.0207. The number of carbonyl (C=O) groups is 2. The van der Waals surface area contributed by atoms with Gasteiger partial charge in [0.2, 0.25) is 0 Å². The summed E-state index contributed by atoms with van der Waals surface area (Å²) in [6.07, 6.45) is 3.36. The zero-order chi connectivity index (χ0) is 22.8. The lowest BCUT2D eigenvalue weighted by Crippen LogP contribution is -2.22. The van der Waals surface area contributed by atoms with Gasteiger partial charge in [-0.3, -0.25) is 9.59 Å². The number of carboxylic acids is 1. The highest BCUT2D eigenvalue weighted by Gasteiger charge is 2.40. The summed E-state index contributed by atoms with van der Waals surface area (Å²) in [5.41, 5.74) is 2.04. The molecule has 172 valence electrons. The molecule has 2 rings (SSSR count). The number of benzene rings is 1. The molecule has 0 saturated heterocycles. The highest BCUT2D eigenvalue weighted by atomic mass is 32.2. The molecule has 3 N–H and O–H groups in total. The molecule has 1 saturated carbocycles. The Labute approximate surface area is 192 Å². The number of rotatable bonds is 13. The van der Waals surface area contributed by atoms with Gasteiger partial charge in [0.1, 0.15) is 5.78 Å². The predicted octanol–water partition coefficient (Wildman–Crippen LogP) is 3.11. The first-order chi connectivity index (χ1) is 14.8. The van der Waals surface area contributed by atoms with Gasteiger partial charge in [-0.15, -0.1) is 11.8 Å². The van der Waals surface area contributed by atoms with E-state index in [1.165, 1.54) is 23.5 Å². The molecule has 1 aromatic carbocycles. The van der Waals surface area contributed by atoms with Crippen LogP contribution in [0.4, 0.5) is 0 Å². The Morgan fingerprint density at radius 3 is 2.84 bits per heavy atom. The SMILES string of the molecule is COC(C)c1cccc(CC(O)C=C[C@H]2C(O)CC(=O)C2SCCCSCC(=O)O)c1. The highest BCUT2D eigenvalue weighted by Crippen LogP contribution is 2.34. The summed E-state index contributed by atoms with van der Waals surface area (Å²) in [6, 6.07) is 7.90. The van der Waals surface area contributed by atoms with Crippen LogP contribution in [0.15, 0.2) is 36.4 Å². The monoisotopic (exact) mass is 468 g/mol. The number of hydrogen-bond donors (Lipinski definition) is 3. The lowest BCUT2D eigenvalue weighted by molar-refractivity contribution is -0.133. The minimum Gasteiger partial charge on any atom is -0.481 e. The number of carbonyl (C=O) groups excluding carboxylic acids is 1. The molecule has 1 aliphatic carbocycles. The molecule has 1 aromatic rings. The zero-order valence-corrected chi connectivity index (χ0v) is 19.6. The Morgan fingerprint density at radius 2 is 2.13 bits per heavy atom. The van der Waals surface area contributed by atoms with Crippen LogP contribution in [0.25, 0.3) is 0 Å². The number of thioether (sulfide) groups is 2. The van der Waals surface area contributed by atoms with Gasteiger partial charge in [0.25, 0.3) is 0 Å². The largest absolute Gasteiger partial charge is 0.481 e. The summed E-state index contributed by atoms with van der Waals surface area (Å²) >= 11 is 2.87. The molecule has 6 nitrogen and oxygen atoms in total. The van der Waals surface area contributed by atoms with Gasteiger partial charge in [0.05, 0.1) is 29.3 Å². The van der Waals surface area contributed by atoms with E-state index in [9.17, 15) is 19.8 Å². The number of aliphatic carboxylic acids is 1. The number of aliphatic hydroxyl groups excluding tert-OH is 2. The van der Waals surface area contributed by atoms with Crippen molar-refractivity contribution in [3.63, 3.8) is 0 Å². The van der Waals surface area contributed by atoms with E-state index in [4.69, 9.17) is 9.84 Å². The molecular formula is C23H32O6S2. The van der Waals surface area contributed by atoms with Crippen molar-refractivity contribution in [1.82, 2.24) is 0 Å². The van der Waals surface area contributed by atoms with Crippen molar-refractivity contribution < 1.29 is 29.6 Å². The minimum atomic E-state index is -0.824. The molecule has 5 atom stereocenters. The van der Waals surface area contributed by atoms with Crippen LogP contribution in [-0.2, 0) is 20.7 Å². The van der Waals surface area contributed by atoms with Crippen LogP contribution >= 0.6 is 23.5 Å². The average Bonchev–Trinajstić information content (AvgIpc) is 3.00. The van der Waals surface area contributed by atoms with Gasteiger partial charge in [-0.25, -0.2) is 0 Å². The highest BCUT2D eigenvalue weighted by molar-refractivity contribution is 8.01. The number of ether oxygens (including phenoxy) is 1. The zero-order valence-electron chi connectivity index (χ0n) is 18.0. The quantitative estimate of drug-likeness (QED) is 0.300. The third-order valence-electron chi connectivity index (χ3n) is 5.25. The molecule has 31 heavy (non-hydrogen) atoms. The Bertz CT molecular complexity index is 753. The molecular weight excluding hydrogens is 436 g/mol. The predicted molar refractivity (Wildman–Crippen MR) is 126 cm³/mol. The molecule has 8 heteroatoms. The van der Waals surface area contributed by atoms with Crippen molar-refractivity contribution in [2.24, 2.45) is 5.92 Å². The number of hydrogen-bond acceptors (Lipinski definition) is 7. The molecule has 0 aliphatic heterocycles. The third kappa shape index (κ3) is 8.61. The molecule has 0 aromatic heterocycles. The summed E-state index contributed by atoms with van der Waals surface area (Å²) < 4.78 is 5.34. The summed E-state index contributed by atoms with van der Waals surface area (Å²) in [4.78, 5) is 22.8. The fourth-order valence-corrected chi connectivity index (χ4v) is 5.71. The smallest absolute Gasteiger partial charge is 0.313 e. The third-order valence-corrected chi connectivity index (χ3v) is 7.74. The van der Waals surface area contributed by atoms with Gasteiger partial charge in [-0.05, 0) is 36.0 Å². The van der Waals surface area contributed by atoms with Gasteiger partial charge >= 0.3 is 5.97 Å². The van der Waals surface area contributed by atoms with Crippen molar-refractivity contribution in [1.29, 1.82) is 0 Å². The van der Waals surface area contributed by atoms with Crippen LogP contribution in [-0.4, -0.2) is 68.9 Å². The molecule has 1 aliphatic rings. The van der Waals surface area contributed by atoms with E-state index in [1.807, 2.05) is 31.2 Å². The maximum absolute atomic E-state index is 12.3. The lowest BCUT2D eigenvalue weighted by atomic mass is 10.00. The van der Waals surface area contributed by atoms with Crippen LogP contribution in [0.1, 0.15) is 37.0 Å². The molecule has 4 unspecified atom stereocenters. The maximum atomic E-state index is 12.3. The second-order valence-corrected chi connectivity index (χ2v) is 10.0. The van der Waals surface area contributed by atoms with Gasteiger partial charge in [-0.2, -0.15) is 11.8 Å². The first-order valence-electron chi connectivity index (χ1n) is 10.4. The Kier molecular flexibility index (Phi) is 11.1. The van der Waals surface area contributed by atoms with Crippen molar-refractivity contribution in [3.8, 4) is 0 Å². The van der Waals surface area contributed by atoms with Crippen LogP contribution < -0.4 is 0 Å². The first-order valence-corrected chi connectivity index (χ1v) is 12.6. The second-order valence-electron chi connectivity index (χ2n) is 7.69. The van der Waals surface area contributed by atoms with Crippen molar-refractivity contribution in [2.75, 3.05) is 24.4 Å². The van der Waals surface area contributed by atoms with Crippen LogP contribution in [0.3, 0.4) is 0 Å². The van der Waals surface area contributed by atoms with Crippen molar-refractivity contribution >= 4 is 35.3 Å². The van der Waals surface area contributed by atoms with E-state index in [1.54, 1.807) is 19.3 Å². The van der Waals surface area contributed by atoms with E-state index in [-0.39, 0.29) is 35.2 Å². The topological polar surface area (TPSA) is 104 Å². The number of ketones is 1. The standard InChI is InChI=1S/C23H32O6S2/c1-15(29-2)17-6-3-5-16(11-17)12-18(24)7-8-19-20(25)13-21(26)23(19)31-10-4-9-30-14-22(27)28/h3,5-8,11,15,18-20,23-25H,4,9-10,12-14H2,1-2H3,(H,27,28)/t15?,18?,19-,20?,23?/m0/s1. The number of aliphatic hydroxyl groups is 2. The molecule has 0 bridgehead atoms. The van der Waals surface area contributed by atoms with Gasteiger partial charge in [-0.1, -0.05) is 36.4 Å². The van der Waals surface area contributed by atoms with Crippen LogP contribution in [0.5, 0.6) is 0 Å². The summed E-state index contributed by atoms with van der Waals surface area (Å²) in [5.74, 6) is 0.424. The lowest BCUT2D eigenvalue weighted by Gasteiger charge is -2.18. The number of Topliss-reactive ketones (excluding diaryl/α,β-unsaturated/α-hetero) is 1. The van der Waals surface area contributed by atoms with E-state index in [0.29, 0.717) is 6.42 Å². The summed E-state index contributed by atoms with van der Waals surface area (Å²) in [7, 11) is 1.66. The normalized spacial score (nSPS) is 23.4. The van der Waals surface area contributed by atoms with Crippen molar-refractivity contribution in [3.05, 3.63) is 47.5 Å². The van der Waals surface area contributed by atoms with Gasteiger partial charge < -0.3 is 20.1 Å². The second kappa shape index (κ2) is 13.3. The molecule has 0 radical (unpaired) electrons. The van der Waals surface area contributed by atoms with Crippen LogP contribution in [0, 0.1) is 5.92 Å². The Morgan fingerprint density at radius 1 is 1.35 bits per heavy atom. The number of carboxylic acid groups (broad SMARTS) is 1. The fourth-order valence-electron chi connectivity index (χ4n) is 3.51. The molecule has 0 spiro atoms. The van der Waals surface area contributed by atoms with E-state index in [0.717, 1.165) is 29.1 Å². The number of methoxy groups -OCH3 is 1. The van der Waals surface area contributed by atoms with Crippen molar-refractivity contribution in [2.45, 2.75) is 49.7 Å². The van der Waals surface area contributed by atoms with Gasteiger partial charge in [0, 0.05) is 25.9 Å². The van der Waals surface area contributed by atoms with E-state index < -0.39 is 18.2 Å². The van der Waals surface area contributed by atoms with E-state index >= 15 is 0 Å². The fraction of sp³-hybridized carbons (Fsp3) is 0.565. The summed E-state index contributed by atoms with van der Waals surface area (Å²) in [6.45, 7) is 1.97. The maximum Gasteiger partial charge on any atom is 0.313 e. The molecule has 0 heterocycles. The van der Waals surface area contributed by atoms with Gasteiger partial charge in [0.15, 0.2) is 0 Å². The molecule has 1 fully saturated rings. The Hall–Kier alpha value is -1.32. The first kappa shape index (κ1) is 25.9. The summed E-state index contributed by atoms with van der Waals surface area (Å²) in [5, 5.41) is 29.1. The molecule has 0 amide bonds. The Balaban J connectivity index is 1.88. The van der Waals surface area contributed by atoms with Crippen LogP contribution in [0.2, 0.25) is 0 Å².